The molecule has 2 aromatic carbocycles. The van der Waals surface area contributed by atoms with Crippen LogP contribution >= 0.6 is 11.6 Å². The molecule has 0 unspecified atom stereocenters. The first-order valence-electron chi connectivity index (χ1n) is 9.69. The van der Waals surface area contributed by atoms with Gasteiger partial charge < -0.3 is 24.3 Å². The lowest BCUT2D eigenvalue weighted by molar-refractivity contribution is -0.123. The summed E-state index contributed by atoms with van der Waals surface area (Å²) in [5, 5.41) is 2.84. The molecular formula is C21H27ClN2O7S. The molecule has 0 aliphatic rings. The van der Waals surface area contributed by atoms with Gasteiger partial charge in [-0.3, -0.25) is 4.79 Å². The van der Waals surface area contributed by atoms with Crippen molar-refractivity contribution in [3.63, 3.8) is 0 Å². The van der Waals surface area contributed by atoms with Crippen molar-refractivity contribution in [2.45, 2.75) is 11.3 Å². The lowest BCUT2D eigenvalue weighted by atomic mass is 10.1. The average Bonchev–Trinajstić information content (AvgIpc) is 2.78. The highest BCUT2D eigenvalue weighted by Gasteiger charge is 2.16. The summed E-state index contributed by atoms with van der Waals surface area (Å²) in [6.45, 7) is 0.521. The van der Waals surface area contributed by atoms with Crippen LogP contribution in [-0.4, -0.2) is 62.0 Å². The van der Waals surface area contributed by atoms with Crippen LogP contribution in [0.3, 0.4) is 0 Å². The Labute approximate surface area is 193 Å². The highest BCUT2D eigenvalue weighted by molar-refractivity contribution is 7.89. The topological polar surface area (TPSA) is 112 Å². The van der Waals surface area contributed by atoms with Gasteiger partial charge in [0.05, 0.1) is 30.7 Å². The number of sulfonamides is 1. The van der Waals surface area contributed by atoms with E-state index in [9.17, 15) is 13.2 Å². The SMILES string of the molecule is COCCNS(=O)(=O)c1ccc(OCC(=O)NCCc2ccc(OC)c(OC)c2)c(Cl)c1. The molecule has 2 N–H and O–H groups in total. The van der Waals surface area contributed by atoms with Gasteiger partial charge in [-0.1, -0.05) is 17.7 Å². The largest absolute Gasteiger partial charge is 0.493 e. The molecule has 2 aromatic rings. The average molecular weight is 487 g/mol. The number of hydrogen-bond acceptors (Lipinski definition) is 7. The zero-order valence-electron chi connectivity index (χ0n) is 18.1. The van der Waals surface area contributed by atoms with E-state index in [4.69, 9.17) is 30.5 Å². The molecule has 0 fully saturated rings. The first-order chi connectivity index (χ1) is 15.3. The van der Waals surface area contributed by atoms with E-state index in [1.54, 1.807) is 20.3 Å². The summed E-state index contributed by atoms with van der Waals surface area (Å²) < 4.78 is 47.5. The van der Waals surface area contributed by atoms with Gasteiger partial charge >= 0.3 is 0 Å². The van der Waals surface area contributed by atoms with E-state index in [1.807, 2.05) is 12.1 Å². The van der Waals surface area contributed by atoms with Gasteiger partial charge in [0, 0.05) is 20.2 Å². The molecule has 0 saturated heterocycles. The molecule has 1 amide bonds. The van der Waals surface area contributed by atoms with E-state index < -0.39 is 10.0 Å². The van der Waals surface area contributed by atoms with Crippen molar-refractivity contribution < 1.29 is 32.2 Å². The summed E-state index contributed by atoms with van der Waals surface area (Å²) in [6, 6.07) is 9.57. The van der Waals surface area contributed by atoms with Gasteiger partial charge in [0.15, 0.2) is 18.1 Å². The van der Waals surface area contributed by atoms with Crippen molar-refractivity contribution in [1.29, 1.82) is 0 Å². The fraction of sp³-hybridized carbons (Fsp3) is 0.381. The second-order valence-electron chi connectivity index (χ2n) is 6.56. The molecule has 0 spiro atoms. The Balaban J connectivity index is 1.84. The quantitative estimate of drug-likeness (QED) is 0.416. The van der Waals surface area contributed by atoms with Crippen LogP contribution in [0.1, 0.15) is 5.56 Å². The Morgan fingerprint density at radius 3 is 2.34 bits per heavy atom. The summed E-state index contributed by atoms with van der Waals surface area (Å²) >= 11 is 6.12. The number of carbonyl (C=O) groups excluding carboxylic acids is 1. The lowest BCUT2D eigenvalue weighted by Crippen LogP contribution is -2.30. The molecule has 11 heteroatoms. The summed E-state index contributed by atoms with van der Waals surface area (Å²) in [7, 11) is 0.886. The Morgan fingerprint density at radius 2 is 1.69 bits per heavy atom. The molecule has 2 rings (SSSR count). The maximum Gasteiger partial charge on any atom is 0.257 e. The molecule has 0 radical (unpaired) electrons. The molecule has 0 saturated carbocycles. The van der Waals surface area contributed by atoms with Crippen molar-refractivity contribution in [2.75, 3.05) is 47.6 Å². The predicted octanol–water partition coefficient (Wildman–Crippen LogP) is 2.02. The molecule has 32 heavy (non-hydrogen) atoms. The zero-order valence-corrected chi connectivity index (χ0v) is 19.7. The smallest absolute Gasteiger partial charge is 0.257 e. The van der Waals surface area contributed by atoms with Crippen LogP contribution in [0.25, 0.3) is 0 Å². The monoisotopic (exact) mass is 486 g/mol. The highest BCUT2D eigenvalue weighted by atomic mass is 35.5. The first-order valence-corrected chi connectivity index (χ1v) is 11.6. The number of methoxy groups -OCH3 is 3. The first kappa shape index (κ1) is 25.7. The third-order valence-corrected chi connectivity index (χ3v) is 6.11. The van der Waals surface area contributed by atoms with Crippen LogP contribution in [0.5, 0.6) is 17.2 Å². The molecular weight excluding hydrogens is 460 g/mol. The van der Waals surface area contributed by atoms with Gasteiger partial charge in [-0.15, -0.1) is 0 Å². The van der Waals surface area contributed by atoms with Gasteiger partial charge in [-0.05, 0) is 42.3 Å². The number of halogens is 1. The van der Waals surface area contributed by atoms with Crippen LogP contribution in [0.4, 0.5) is 0 Å². The van der Waals surface area contributed by atoms with Crippen molar-refractivity contribution >= 4 is 27.5 Å². The van der Waals surface area contributed by atoms with Crippen molar-refractivity contribution in [3.05, 3.63) is 47.0 Å². The number of carbonyl (C=O) groups is 1. The van der Waals surface area contributed by atoms with E-state index in [-0.39, 0.29) is 41.3 Å². The van der Waals surface area contributed by atoms with Crippen LogP contribution < -0.4 is 24.2 Å². The molecule has 176 valence electrons. The number of amides is 1. The normalized spacial score (nSPS) is 11.1. The number of rotatable bonds is 13. The third kappa shape index (κ3) is 7.56. The van der Waals surface area contributed by atoms with Gasteiger partial charge in [-0.2, -0.15) is 0 Å². The summed E-state index contributed by atoms with van der Waals surface area (Å²) in [5.74, 6) is 1.13. The van der Waals surface area contributed by atoms with Crippen LogP contribution in [-0.2, 0) is 26.0 Å². The molecule has 0 aliphatic heterocycles. The van der Waals surface area contributed by atoms with Gasteiger partial charge in [0.1, 0.15) is 5.75 Å². The van der Waals surface area contributed by atoms with Crippen molar-refractivity contribution in [3.8, 4) is 17.2 Å². The van der Waals surface area contributed by atoms with E-state index >= 15 is 0 Å². The predicted molar refractivity (Wildman–Crippen MR) is 120 cm³/mol. The van der Waals surface area contributed by atoms with E-state index in [0.29, 0.717) is 24.5 Å². The third-order valence-electron chi connectivity index (χ3n) is 4.35. The van der Waals surface area contributed by atoms with Crippen LogP contribution in [0.15, 0.2) is 41.3 Å². The van der Waals surface area contributed by atoms with Gasteiger partial charge in [-0.25, -0.2) is 13.1 Å². The molecule has 0 bridgehead atoms. The number of ether oxygens (including phenoxy) is 4. The molecule has 0 heterocycles. The van der Waals surface area contributed by atoms with E-state index in [0.717, 1.165) is 5.56 Å². The summed E-state index contributed by atoms with van der Waals surface area (Å²) in [6.07, 6.45) is 0.593. The Hall–Kier alpha value is -2.53. The summed E-state index contributed by atoms with van der Waals surface area (Å²) in [4.78, 5) is 12.1. The van der Waals surface area contributed by atoms with Crippen LogP contribution in [0, 0.1) is 0 Å². The zero-order chi connectivity index (χ0) is 23.6. The minimum Gasteiger partial charge on any atom is -0.493 e. The molecule has 0 aromatic heterocycles. The maximum absolute atomic E-state index is 12.2. The Kier molecular flexibility index (Phi) is 10.0. The van der Waals surface area contributed by atoms with E-state index in [1.165, 1.54) is 25.3 Å². The number of hydrogen-bond donors (Lipinski definition) is 2. The molecule has 0 atom stereocenters. The highest BCUT2D eigenvalue weighted by Crippen LogP contribution is 2.28. The molecule has 0 aliphatic carbocycles. The minimum atomic E-state index is -3.72. The van der Waals surface area contributed by atoms with Crippen molar-refractivity contribution in [2.24, 2.45) is 0 Å². The van der Waals surface area contributed by atoms with Gasteiger partial charge in [0.2, 0.25) is 10.0 Å². The maximum atomic E-state index is 12.2. The minimum absolute atomic E-state index is 0.00896. The number of benzene rings is 2. The standard InChI is InChI=1S/C21H27ClN2O7S/c1-28-11-10-24-32(26,27)16-5-7-18(17(22)13-16)31-14-21(25)23-9-8-15-4-6-19(29-2)20(12-15)30-3/h4-7,12-13,24H,8-11,14H2,1-3H3,(H,23,25). The fourth-order valence-corrected chi connectivity index (χ4v) is 4.04. The molecule has 9 nitrogen and oxygen atoms in total. The van der Waals surface area contributed by atoms with Crippen LogP contribution in [0.2, 0.25) is 5.02 Å². The fourth-order valence-electron chi connectivity index (χ4n) is 2.70. The lowest BCUT2D eigenvalue weighted by Gasteiger charge is -2.12. The Morgan fingerprint density at radius 1 is 0.969 bits per heavy atom. The second kappa shape index (κ2) is 12.5. The summed E-state index contributed by atoms with van der Waals surface area (Å²) in [5.41, 5.74) is 0.975. The van der Waals surface area contributed by atoms with Gasteiger partial charge in [0.25, 0.3) is 5.91 Å². The van der Waals surface area contributed by atoms with Crippen molar-refractivity contribution in [1.82, 2.24) is 10.0 Å². The van der Waals surface area contributed by atoms with E-state index in [2.05, 4.69) is 10.0 Å². The number of nitrogens with one attached hydrogen (secondary N) is 2. The Bertz CT molecular complexity index is 1020. The second-order valence-corrected chi connectivity index (χ2v) is 8.73.